The lowest BCUT2D eigenvalue weighted by Crippen LogP contribution is -2.43. The molecule has 1 heterocycles. The second-order valence-corrected chi connectivity index (χ2v) is 5.90. The van der Waals surface area contributed by atoms with Crippen molar-refractivity contribution in [2.24, 2.45) is 0 Å². The fraction of sp³-hybridized carbons (Fsp3) is 0.647. The van der Waals surface area contributed by atoms with Gasteiger partial charge in [-0.05, 0) is 38.8 Å². The number of aryl methyl sites for hydroxylation is 1. The molecule has 1 atom stereocenters. The minimum Gasteiger partial charge on any atom is -0.389 e. The first-order valence-electron chi connectivity index (χ1n) is 7.98. The topological polar surface area (TPSA) is 44.7 Å². The van der Waals surface area contributed by atoms with Crippen LogP contribution in [0, 0.1) is 6.92 Å². The highest BCUT2D eigenvalue weighted by Gasteiger charge is 2.20. The summed E-state index contributed by atoms with van der Waals surface area (Å²) in [6, 6.07) is 9.11. The molecule has 0 unspecified atom stereocenters. The van der Waals surface area contributed by atoms with Crippen LogP contribution < -0.4 is 5.32 Å². The van der Waals surface area contributed by atoms with Gasteiger partial charge in [-0.25, -0.2) is 0 Å². The molecular weight excluding hydrogens is 264 g/mol. The van der Waals surface area contributed by atoms with Gasteiger partial charge in [-0.1, -0.05) is 17.7 Å². The minimum atomic E-state index is -0.369. The number of aliphatic hydroxyl groups is 1. The molecule has 2 N–H and O–H groups in total. The van der Waals surface area contributed by atoms with Gasteiger partial charge in [-0.2, -0.15) is 0 Å². The number of nitrogens with zero attached hydrogens (tertiary/aromatic N) is 1. The van der Waals surface area contributed by atoms with Crippen LogP contribution in [-0.4, -0.2) is 55.0 Å². The zero-order valence-corrected chi connectivity index (χ0v) is 13.2. The Hall–Kier alpha value is -1.10. The molecule has 0 saturated carbocycles. The summed E-state index contributed by atoms with van der Waals surface area (Å²) in [5.41, 5.74) is 2.49. The predicted molar refractivity (Wildman–Crippen MR) is 86.8 cm³/mol. The lowest BCUT2D eigenvalue weighted by Gasteiger charge is -2.33. The van der Waals surface area contributed by atoms with Gasteiger partial charge in [-0.15, -0.1) is 0 Å². The van der Waals surface area contributed by atoms with Crippen molar-refractivity contribution in [2.45, 2.75) is 38.8 Å². The van der Waals surface area contributed by atoms with Gasteiger partial charge in [0.05, 0.1) is 12.7 Å². The van der Waals surface area contributed by atoms with E-state index in [9.17, 15) is 5.11 Å². The predicted octanol–water partition coefficient (Wildman–Crippen LogP) is 2.27. The molecule has 1 fully saturated rings. The van der Waals surface area contributed by atoms with Crippen LogP contribution in [0.1, 0.15) is 25.3 Å². The van der Waals surface area contributed by atoms with Crippen molar-refractivity contribution in [3.8, 4) is 0 Å². The van der Waals surface area contributed by atoms with Gasteiger partial charge in [0.1, 0.15) is 0 Å². The number of likely N-dealkylation sites (tertiary alicyclic amines) is 1. The molecule has 0 amide bonds. The summed E-state index contributed by atoms with van der Waals surface area (Å²) in [5.74, 6) is 0. The van der Waals surface area contributed by atoms with Crippen molar-refractivity contribution >= 4 is 5.69 Å². The lowest BCUT2D eigenvalue weighted by molar-refractivity contribution is 0.0173. The molecule has 1 saturated heterocycles. The van der Waals surface area contributed by atoms with Crippen molar-refractivity contribution in [1.29, 1.82) is 0 Å². The Morgan fingerprint density at radius 3 is 2.57 bits per heavy atom. The van der Waals surface area contributed by atoms with Crippen LogP contribution in [0.2, 0.25) is 0 Å². The molecule has 0 radical (unpaired) electrons. The first-order chi connectivity index (χ1) is 10.2. The molecule has 2 rings (SSSR count). The monoisotopic (exact) mass is 292 g/mol. The minimum absolute atomic E-state index is 0.369. The molecular formula is C17H28N2O2. The van der Waals surface area contributed by atoms with Gasteiger partial charge in [0, 0.05) is 38.0 Å². The van der Waals surface area contributed by atoms with Crippen LogP contribution >= 0.6 is 0 Å². The Kier molecular flexibility index (Phi) is 6.49. The van der Waals surface area contributed by atoms with E-state index in [1.165, 1.54) is 11.3 Å². The van der Waals surface area contributed by atoms with E-state index < -0.39 is 0 Å². The number of rotatable bonds is 7. The zero-order valence-electron chi connectivity index (χ0n) is 13.2. The summed E-state index contributed by atoms with van der Waals surface area (Å²) in [7, 11) is 0. The van der Waals surface area contributed by atoms with Crippen molar-refractivity contribution in [1.82, 2.24) is 4.90 Å². The third-order valence-electron chi connectivity index (χ3n) is 3.99. The second kappa shape index (κ2) is 8.37. The first kappa shape index (κ1) is 16.3. The van der Waals surface area contributed by atoms with Crippen LogP contribution in [0.15, 0.2) is 24.3 Å². The van der Waals surface area contributed by atoms with E-state index in [2.05, 4.69) is 41.4 Å². The maximum absolute atomic E-state index is 9.88. The second-order valence-electron chi connectivity index (χ2n) is 5.90. The van der Waals surface area contributed by atoms with Crippen molar-refractivity contribution in [3.63, 3.8) is 0 Å². The fourth-order valence-electron chi connectivity index (χ4n) is 2.75. The number of hydrogen-bond acceptors (Lipinski definition) is 4. The van der Waals surface area contributed by atoms with Gasteiger partial charge in [-0.3, -0.25) is 0 Å². The van der Waals surface area contributed by atoms with E-state index in [0.29, 0.717) is 19.3 Å². The highest BCUT2D eigenvalue weighted by atomic mass is 16.5. The van der Waals surface area contributed by atoms with Crippen LogP contribution in [0.3, 0.4) is 0 Å². The standard InChI is InChI=1S/C17H28N2O2/c1-3-21-13-17(20)12-19-10-8-16(9-11-19)18-15-6-4-14(2)5-7-15/h4-7,16-18,20H,3,8-13H2,1-2H3/t17-/m1/s1. The lowest BCUT2D eigenvalue weighted by atomic mass is 10.0. The Morgan fingerprint density at radius 2 is 1.95 bits per heavy atom. The molecule has 1 aromatic carbocycles. The number of β-amino-alcohol motifs (C(OH)–C–C–N with tert-alkyl or cyclic N) is 1. The van der Waals surface area contributed by atoms with E-state index in [1.807, 2.05) is 6.92 Å². The molecule has 1 aliphatic heterocycles. The maximum Gasteiger partial charge on any atom is 0.0900 e. The Bertz CT molecular complexity index is 400. The third-order valence-corrected chi connectivity index (χ3v) is 3.99. The fourth-order valence-corrected chi connectivity index (χ4v) is 2.75. The first-order valence-corrected chi connectivity index (χ1v) is 7.98. The van der Waals surface area contributed by atoms with Gasteiger partial charge in [0.2, 0.25) is 0 Å². The highest BCUT2D eigenvalue weighted by molar-refractivity contribution is 5.45. The Balaban J connectivity index is 1.69. The number of nitrogens with one attached hydrogen (secondary N) is 1. The summed E-state index contributed by atoms with van der Waals surface area (Å²) in [6.07, 6.45) is 1.87. The summed E-state index contributed by atoms with van der Waals surface area (Å²) in [4.78, 5) is 2.33. The number of anilines is 1. The average molecular weight is 292 g/mol. The number of piperidine rings is 1. The van der Waals surface area contributed by atoms with E-state index in [-0.39, 0.29) is 6.10 Å². The van der Waals surface area contributed by atoms with Crippen molar-refractivity contribution in [3.05, 3.63) is 29.8 Å². The SMILES string of the molecule is CCOC[C@H](O)CN1CCC(Nc2ccc(C)cc2)CC1. The van der Waals surface area contributed by atoms with E-state index in [0.717, 1.165) is 32.5 Å². The summed E-state index contributed by atoms with van der Waals surface area (Å²) < 4.78 is 5.26. The molecule has 4 heteroatoms. The van der Waals surface area contributed by atoms with Crippen molar-refractivity contribution < 1.29 is 9.84 Å². The van der Waals surface area contributed by atoms with Crippen LogP contribution in [0.4, 0.5) is 5.69 Å². The van der Waals surface area contributed by atoms with E-state index >= 15 is 0 Å². The highest BCUT2D eigenvalue weighted by Crippen LogP contribution is 2.17. The van der Waals surface area contributed by atoms with Crippen LogP contribution in [-0.2, 0) is 4.74 Å². The van der Waals surface area contributed by atoms with E-state index in [1.54, 1.807) is 0 Å². The van der Waals surface area contributed by atoms with E-state index in [4.69, 9.17) is 4.74 Å². The molecule has 0 spiro atoms. The van der Waals surface area contributed by atoms with Gasteiger partial charge >= 0.3 is 0 Å². The van der Waals surface area contributed by atoms with Crippen LogP contribution in [0.25, 0.3) is 0 Å². The molecule has 4 nitrogen and oxygen atoms in total. The summed E-state index contributed by atoms with van der Waals surface area (Å²) >= 11 is 0. The Morgan fingerprint density at radius 1 is 1.29 bits per heavy atom. The molecule has 0 aromatic heterocycles. The number of hydrogen-bond donors (Lipinski definition) is 2. The van der Waals surface area contributed by atoms with Gasteiger partial charge in [0.15, 0.2) is 0 Å². The van der Waals surface area contributed by atoms with Crippen molar-refractivity contribution in [2.75, 3.05) is 38.2 Å². The van der Waals surface area contributed by atoms with Crippen LogP contribution in [0.5, 0.6) is 0 Å². The molecule has 0 bridgehead atoms. The smallest absolute Gasteiger partial charge is 0.0900 e. The largest absolute Gasteiger partial charge is 0.389 e. The zero-order chi connectivity index (χ0) is 15.1. The quantitative estimate of drug-likeness (QED) is 0.809. The molecule has 1 aliphatic rings. The molecule has 21 heavy (non-hydrogen) atoms. The molecule has 0 aliphatic carbocycles. The number of aliphatic hydroxyl groups excluding tert-OH is 1. The Labute approximate surface area is 128 Å². The number of ether oxygens (including phenoxy) is 1. The van der Waals surface area contributed by atoms with Gasteiger partial charge < -0.3 is 20.1 Å². The third kappa shape index (κ3) is 5.65. The number of benzene rings is 1. The summed E-state index contributed by atoms with van der Waals surface area (Å²) in [5, 5.41) is 13.5. The molecule has 118 valence electrons. The maximum atomic E-state index is 9.88. The average Bonchev–Trinajstić information content (AvgIpc) is 2.49. The molecule has 1 aromatic rings. The van der Waals surface area contributed by atoms with Gasteiger partial charge in [0.25, 0.3) is 0 Å². The normalized spacial score (nSPS) is 18.6. The summed E-state index contributed by atoms with van der Waals surface area (Å²) in [6.45, 7) is 7.96.